The number of ketones is 3. The molecular weight excluding hydrogens is 1400 g/mol. The van der Waals surface area contributed by atoms with Gasteiger partial charge in [0.2, 0.25) is 0 Å². The normalized spacial score (nSPS) is 22.7. The first kappa shape index (κ1) is 102. The topological polar surface area (TPSA) is 299 Å². The number of hydrogen-bond donors (Lipinski definition) is 5. The van der Waals surface area contributed by atoms with E-state index in [0.717, 1.165) is 85.5 Å². The predicted octanol–water partition coefficient (Wildman–Crippen LogP) is 17.8. The fraction of sp³-hybridized carbons (Fsp3) is 0.775. The van der Waals surface area contributed by atoms with Gasteiger partial charge < -0.3 is 74.4 Å². The zero-order valence-electron chi connectivity index (χ0n) is 71.6. The molecule has 2 aliphatic heterocycles. The number of methoxy groups -OCH3 is 2. The summed E-state index contributed by atoms with van der Waals surface area (Å²) < 4.78 is 51.6. The van der Waals surface area contributed by atoms with Gasteiger partial charge in [-0.25, -0.2) is 14.4 Å². The van der Waals surface area contributed by atoms with Crippen LogP contribution in [-0.2, 0) is 58.7 Å². The SMILES string of the molecule is C.C=C1CC[C@H](OC)C/C1=C/C=C1\CCC[C@]2(C)[C@@H]([C@H](C)/C=C/[C@H](C)C(C)C)CC[C@@H]12.CC(=O)C(C)(CO)COC(=O)NCCOCCOC(=O)OCC(C)(CO)C(C)=O.CC(=O)C1(C)COC(=O)OC1.COc1c(C)c(C)c2c(c1C)CC[C@@](C)(CCC[C@H](C)CCC[C@H](C)CCCC(C)C)O2.NCCOCCN. The third kappa shape index (κ3) is 35.0. The minimum atomic E-state index is -1.17. The van der Waals surface area contributed by atoms with Crippen molar-refractivity contribution in [3.8, 4) is 11.5 Å². The van der Waals surface area contributed by atoms with Crippen LogP contribution in [0.5, 0.6) is 11.5 Å². The van der Waals surface area contributed by atoms with E-state index >= 15 is 0 Å². The number of nitrogens with two attached hydrogens (primary N) is 2. The number of amides is 1. The quantitative estimate of drug-likeness (QED) is 0.0178. The number of rotatable bonds is 38. The summed E-state index contributed by atoms with van der Waals surface area (Å²) in [5.74, 6) is 7.77. The number of cyclic esters (lactones) is 2. The van der Waals surface area contributed by atoms with Crippen LogP contribution in [0.2, 0.25) is 0 Å². The summed E-state index contributed by atoms with van der Waals surface area (Å²) in [6.07, 6.45) is 32.2. The lowest BCUT2D eigenvalue weighted by molar-refractivity contribution is -0.136. The van der Waals surface area contributed by atoms with E-state index in [0.29, 0.717) is 49.7 Å². The lowest BCUT2D eigenvalue weighted by Gasteiger charge is -2.44. The Morgan fingerprint density at radius 2 is 1.26 bits per heavy atom. The summed E-state index contributed by atoms with van der Waals surface area (Å²) >= 11 is 0. The summed E-state index contributed by atoms with van der Waals surface area (Å²) in [5.41, 5.74) is 17.2. The zero-order chi connectivity index (χ0) is 82.3. The maximum absolute atomic E-state index is 11.5. The molecule has 0 radical (unpaired) electrons. The molecule has 4 fully saturated rings. The van der Waals surface area contributed by atoms with Gasteiger partial charge >= 0.3 is 18.4 Å². The summed E-state index contributed by atoms with van der Waals surface area (Å²) in [6, 6.07) is 0. The first-order valence-corrected chi connectivity index (χ1v) is 40.7. The smallest absolute Gasteiger partial charge is 0.496 e. The van der Waals surface area contributed by atoms with Crippen molar-refractivity contribution in [1.29, 1.82) is 0 Å². The number of aliphatic hydroxyl groups excluding tert-OH is 2. The minimum Gasteiger partial charge on any atom is -0.496 e. The highest BCUT2D eigenvalue weighted by atomic mass is 16.7. The summed E-state index contributed by atoms with van der Waals surface area (Å²) in [6.45, 7) is 45.0. The van der Waals surface area contributed by atoms with Crippen molar-refractivity contribution in [2.75, 3.05) is 107 Å². The molecule has 5 aliphatic rings. The van der Waals surface area contributed by atoms with Crippen molar-refractivity contribution in [3.05, 3.63) is 69.9 Å². The van der Waals surface area contributed by atoms with E-state index in [4.69, 9.17) is 49.4 Å². The molecule has 2 heterocycles. The molecule has 3 saturated carbocycles. The van der Waals surface area contributed by atoms with Crippen molar-refractivity contribution >= 4 is 35.8 Å². The Morgan fingerprint density at radius 3 is 1.80 bits per heavy atom. The van der Waals surface area contributed by atoms with E-state index in [1.54, 1.807) is 19.6 Å². The van der Waals surface area contributed by atoms with E-state index in [1.165, 1.54) is 151 Å². The Labute approximate surface area is 665 Å². The zero-order valence-corrected chi connectivity index (χ0v) is 71.6. The number of hydrogen-bond acceptors (Lipinski definition) is 20. The van der Waals surface area contributed by atoms with Crippen LogP contribution in [-0.4, -0.2) is 164 Å². The number of alkyl carbamates (subject to hydrolysis) is 1. The van der Waals surface area contributed by atoms with Crippen molar-refractivity contribution in [3.63, 3.8) is 0 Å². The Kier molecular flexibility index (Phi) is 48.3. The first-order valence-electron chi connectivity index (χ1n) is 40.7. The average Bonchev–Trinajstić information content (AvgIpc) is 1.47. The van der Waals surface area contributed by atoms with Gasteiger partial charge in [0, 0.05) is 32.3 Å². The molecule has 1 saturated heterocycles. The van der Waals surface area contributed by atoms with E-state index in [9.17, 15) is 39.0 Å². The molecule has 3 aliphatic carbocycles. The summed E-state index contributed by atoms with van der Waals surface area (Å²) in [5, 5.41) is 20.8. The van der Waals surface area contributed by atoms with Gasteiger partial charge in [0.25, 0.3) is 0 Å². The minimum absolute atomic E-state index is 0. The molecular formula is C89H155N3O18. The van der Waals surface area contributed by atoms with Crippen LogP contribution in [0, 0.1) is 89.8 Å². The summed E-state index contributed by atoms with van der Waals surface area (Å²) in [4.78, 5) is 67.1. The van der Waals surface area contributed by atoms with Gasteiger partial charge in [0.15, 0.2) is 0 Å². The number of aliphatic hydroxyl groups is 2. The molecule has 0 aromatic heterocycles. The van der Waals surface area contributed by atoms with Crippen LogP contribution >= 0.6 is 0 Å². The third-order valence-electron chi connectivity index (χ3n) is 23.8. The summed E-state index contributed by atoms with van der Waals surface area (Å²) in [7, 11) is 3.63. The van der Waals surface area contributed by atoms with E-state index in [2.05, 4.69) is 136 Å². The molecule has 110 heavy (non-hydrogen) atoms. The predicted molar refractivity (Wildman–Crippen MR) is 441 cm³/mol. The molecule has 21 heteroatoms. The van der Waals surface area contributed by atoms with Crippen molar-refractivity contribution < 1.29 is 86.3 Å². The third-order valence-corrected chi connectivity index (χ3v) is 23.8. The van der Waals surface area contributed by atoms with Gasteiger partial charge in [-0.3, -0.25) is 14.4 Å². The van der Waals surface area contributed by atoms with Crippen molar-refractivity contribution in [2.45, 2.75) is 273 Å². The van der Waals surface area contributed by atoms with Gasteiger partial charge in [0.1, 0.15) is 67.5 Å². The molecule has 0 bridgehead atoms. The first-order chi connectivity index (χ1) is 51.3. The second-order valence-corrected chi connectivity index (χ2v) is 33.9. The molecule has 1 aromatic carbocycles. The van der Waals surface area contributed by atoms with Crippen LogP contribution in [0.25, 0.3) is 0 Å². The Bertz CT molecular complexity index is 2970. The molecule has 11 atom stereocenters. The number of fused-ring (bicyclic) bond motifs is 2. The standard InChI is InChI=1S/C30H52O2.C29H46O.C18H31NO10.C7H10O4.C4H12N2O.CH4/c1-21(2)13-10-14-22(3)15-11-16-23(4)17-12-19-30(8)20-18-27-26(7)28(31-9)24(5)25(6)29(27)32-30;1-20(2)21(3)10-11-23(5)27-16-17-28-24(9-8-18-29(27,28)6)13-14-25-19-26(30-7)15-12-22(25)4;1-13(22)17(3,9-20)11-28-15(24)19-5-6-26-7-8-27-16(25)29-12-18(4,10-21)14(2)23;1-5(8)7(2)3-10-6(9)11-4-7;5-1-3-7-4-2-6;/h21-23H,10-20H2,1-9H3;10-11,13-14,20-21,23,26-28H,4,8-9,12,15-19H2,1-3,5-7H3;20-21H,5-12H2,1-4H3,(H,19,24);3-4H2,1-2H3;1-6H2;1H4/b;11-10+,24-13+,25-14-;;;;/t22-,23-,30-;21-,23+,26-,27+,28-,29+;;;;/m10..../s1. The highest BCUT2D eigenvalue weighted by Crippen LogP contribution is 2.60. The van der Waals surface area contributed by atoms with Crippen LogP contribution in [0.3, 0.4) is 0 Å². The highest BCUT2D eigenvalue weighted by Gasteiger charge is 2.50. The van der Waals surface area contributed by atoms with Gasteiger partial charge in [-0.05, 0) is 221 Å². The number of allylic oxidation sites excluding steroid dienone is 6. The van der Waals surface area contributed by atoms with Gasteiger partial charge in [-0.1, -0.05) is 157 Å². The number of benzene rings is 1. The largest absolute Gasteiger partial charge is 0.508 e. The molecule has 1 amide bonds. The van der Waals surface area contributed by atoms with Gasteiger partial charge in [0.05, 0.1) is 69.1 Å². The molecule has 21 nitrogen and oxygen atoms in total. The molecule has 2 unspecified atom stereocenters. The average molecular weight is 1560 g/mol. The van der Waals surface area contributed by atoms with Gasteiger partial charge in [-0.2, -0.15) is 0 Å². The van der Waals surface area contributed by atoms with E-state index < -0.39 is 47.9 Å². The molecule has 0 spiro atoms. The molecule has 6 rings (SSSR count). The second-order valence-electron chi connectivity index (χ2n) is 33.9. The monoisotopic (exact) mass is 1550 g/mol. The Hall–Kier alpha value is -5.68. The Balaban J connectivity index is 0.000000736. The molecule has 1 aromatic rings. The van der Waals surface area contributed by atoms with Crippen LogP contribution in [0.4, 0.5) is 14.4 Å². The molecule has 7 N–H and O–H groups in total. The fourth-order valence-electron chi connectivity index (χ4n) is 14.6. The van der Waals surface area contributed by atoms with Crippen LogP contribution < -0.4 is 26.3 Å². The number of ether oxygens (including phenoxy) is 10. The number of carbonyl (C=O) groups is 6. The van der Waals surface area contributed by atoms with Crippen LogP contribution in [0.1, 0.15) is 256 Å². The number of carbonyl (C=O) groups excluding carboxylic acids is 6. The number of Topliss-reactive ketones (excluding diaryl/α,β-unsaturated/α-hetero) is 3. The maximum Gasteiger partial charge on any atom is 0.508 e. The van der Waals surface area contributed by atoms with E-state index in [1.807, 2.05) is 7.11 Å². The fourth-order valence-corrected chi connectivity index (χ4v) is 14.6. The van der Waals surface area contributed by atoms with Crippen LogP contribution in [0.15, 0.2) is 47.6 Å². The van der Waals surface area contributed by atoms with Crippen molar-refractivity contribution in [2.24, 2.45) is 80.5 Å². The second kappa shape index (κ2) is 51.9. The Morgan fingerprint density at radius 1 is 0.691 bits per heavy atom. The number of nitrogens with one attached hydrogen (secondary N) is 1. The highest BCUT2D eigenvalue weighted by molar-refractivity contribution is 5.84. The van der Waals surface area contributed by atoms with Crippen molar-refractivity contribution in [1.82, 2.24) is 5.32 Å². The maximum atomic E-state index is 11.5. The lowest BCUT2D eigenvalue weighted by atomic mass is 9.61. The molecule has 634 valence electrons. The van der Waals surface area contributed by atoms with Gasteiger partial charge in [-0.15, -0.1) is 0 Å². The van der Waals surface area contributed by atoms with E-state index in [-0.39, 0.29) is 83.2 Å². The lowest BCUT2D eigenvalue weighted by Crippen LogP contribution is -2.41.